The van der Waals surface area contributed by atoms with Gasteiger partial charge in [0.15, 0.2) is 6.29 Å². The monoisotopic (exact) mass is 800 g/mol. The average Bonchev–Trinajstić information content (AvgIpc) is 3.20. The number of carbonyl (C=O) groups excluding carboxylic acids is 1. The van der Waals surface area contributed by atoms with E-state index in [0.717, 1.165) is 38.5 Å². The Morgan fingerprint density at radius 2 is 0.893 bits per heavy atom. The highest BCUT2D eigenvalue weighted by Crippen LogP contribution is 2.23. The molecule has 56 heavy (non-hydrogen) atoms. The zero-order valence-electron chi connectivity index (χ0n) is 36.7. The minimum absolute atomic E-state index is 0.131. The summed E-state index contributed by atoms with van der Waals surface area (Å²) in [5.74, 6) is -0.139. The zero-order chi connectivity index (χ0) is 40.9. The summed E-state index contributed by atoms with van der Waals surface area (Å²) >= 11 is 0. The minimum Gasteiger partial charge on any atom is -0.394 e. The van der Waals surface area contributed by atoms with Crippen LogP contribution in [0.3, 0.4) is 0 Å². The Balaban J connectivity index is 2.29. The Labute approximate surface area is 344 Å². The summed E-state index contributed by atoms with van der Waals surface area (Å²) in [5.41, 5.74) is 0. The second kappa shape index (κ2) is 38.4. The third-order valence-corrected chi connectivity index (χ3v) is 12.0. The van der Waals surface area contributed by atoms with E-state index in [9.17, 15) is 30.3 Å². The molecule has 0 spiro atoms. The summed E-state index contributed by atoms with van der Waals surface area (Å²) < 4.78 is 11.3. The van der Waals surface area contributed by atoms with Gasteiger partial charge in [-0.3, -0.25) is 4.79 Å². The Morgan fingerprint density at radius 3 is 1.27 bits per heavy atom. The molecule has 0 aromatic carbocycles. The fourth-order valence-corrected chi connectivity index (χ4v) is 8.04. The predicted molar refractivity (Wildman–Crippen MR) is 231 cm³/mol. The molecule has 1 amide bonds. The zero-order valence-corrected chi connectivity index (χ0v) is 36.7. The number of carbonyl (C=O) groups is 1. The first-order chi connectivity index (χ1) is 27.3. The van der Waals surface area contributed by atoms with Gasteiger partial charge in [0.05, 0.1) is 25.4 Å². The van der Waals surface area contributed by atoms with Gasteiger partial charge in [-0.2, -0.15) is 0 Å². The molecule has 1 aliphatic heterocycles. The highest BCUT2D eigenvalue weighted by atomic mass is 16.7. The normalized spacial score (nSPS) is 21.0. The molecular formula is C47H93NO8. The standard InChI is InChI=1S/C47H93NO8/c1-3-5-7-9-11-13-15-17-19-21-23-25-27-29-31-33-35-37-43(51)48-40(39-55-47-46(54)45(53)44(52)42(38-49)56-47)41(50)36-34-32-30-28-26-24-22-20-18-16-14-12-10-8-6-4-2/h40-42,44-47,49-50,52-54H,3-39H2,1-2H3,(H,48,51)/t40-,41+,42+,44+,45?,46?,47+/m0/s1. The van der Waals surface area contributed by atoms with Crippen molar-refractivity contribution in [3.8, 4) is 0 Å². The van der Waals surface area contributed by atoms with E-state index < -0.39 is 49.5 Å². The van der Waals surface area contributed by atoms with Crippen molar-refractivity contribution in [2.75, 3.05) is 13.2 Å². The maximum Gasteiger partial charge on any atom is 0.220 e. The Hall–Kier alpha value is -0.810. The van der Waals surface area contributed by atoms with Gasteiger partial charge in [-0.15, -0.1) is 0 Å². The summed E-state index contributed by atoms with van der Waals surface area (Å²) in [4.78, 5) is 13.0. The number of nitrogens with one attached hydrogen (secondary N) is 1. The molecule has 1 heterocycles. The van der Waals surface area contributed by atoms with Gasteiger partial charge in [-0.1, -0.05) is 219 Å². The third-order valence-electron chi connectivity index (χ3n) is 12.0. The van der Waals surface area contributed by atoms with Crippen molar-refractivity contribution in [2.24, 2.45) is 0 Å². The molecule has 0 aliphatic carbocycles. The highest BCUT2D eigenvalue weighted by molar-refractivity contribution is 5.76. The second-order valence-electron chi connectivity index (χ2n) is 17.3. The van der Waals surface area contributed by atoms with Crippen LogP contribution in [0.1, 0.15) is 239 Å². The molecule has 1 aliphatic rings. The first-order valence-electron chi connectivity index (χ1n) is 24.2. The number of rotatable bonds is 41. The van der Waals surface area contributed by atoms with Crippen LogP contribution in [0.2, 0.25) is 0 Å². The summed E-state index contributed by atoms with van der Waals surface area (Å²) in [7, 11) is 0. The smallest absolute Gasteiger partial charge is 0.220 e. The predicted octanol–water partition coefficient (Wildman–Crippen LogP) is 10.3. The first kappa shape index (κ1) is 53.2. The van der Waals surface area contributed by atoms with Gasteiger partial charge in [0.25, 0.3) is 0 Å². The summed E-state index contributed by atoms with van der Waals surface area (Å²) in [5, 5.41) is 54.4. The number of aliphatic hydroxyl groups excluding tert-OH is 5. The topological polar surface area (TPSA) is 149 Å². The van der Waals surface area contributed by atoms with Crippen LogP contribution in [0.5, 0.6) is 0 Å². The van der Waals surface area contributed by atoms with E-state index in [2.05, 4.69) is 19.2 Å². The van der Waals surface area contributed by atoms with Crippen molar-refractivity contribution in [2.45, 2.75) is 281 Å². The van der Waals surface area contributed by atoms with Gasteiger partial charge in [0.1, 0.15) is 24.4 Å². The summed E-state index contributed by atoms with van der Waals surface area (Å²) in [6.45, 7) is 3.86. The van der Waals surface area contributed by atoms with Gasteiger partial charge in [0, 0.05) is 6.42 Å². The van der Waals surface area contributed by atoms with Crippen LogP contribution in [0, 0.1) is 0 Å². The first-order valence-corrected chi connectivity index (χ1v) is 24.2. The lowest BCUT2D eigenvalue weighted by Crippen LogP contribution is -2.60. The van der Waals surface area contributed by atoms with Gasteiger partial charge in [-0.05, 0) is 12.8 Å². The van der Waals surface area contributed by atoms with Gasteiger partial charge in [-0.25, -0.2) is 0 Å². The second-order valence-corrected chi connectivity index (χ2v) is 17.3. The van der Waals surface area contributed by atoms with Crippen molar-refractivity contribution in [3.63, 3.8) is 0 Å². The lowest BCUT2D eigenvalue weighted by atomic mass is 9.99. The molecule has 0 bridgehead atoms. The maximum absolute atomic E-state index is 13.0. The van der Waals surface area contributed by atoms with E-state index in [-0.39, 0.29) is 12.5 Å². The minimum atomic E-state index is -1.55. The Bertz CT molecular complexity index is 847. The third kappa shape index (κ3) is 28.6. The summed E-state index contributed by atoms with van der Waals surface area (Å²) in [6, 6.07) is -0.711. The largest absolute Gasteiger partial charge is 0.394 e. The number of unbranched alkanes of at least 4 members (excludes halogenated alkanes) is 31. The molecule has 6 N–H and O–H groups in total. The van der Waals surface area contributed by atoms with Crippen LogP contribution in [0.25, 0.3) is 0 Å². The molecule has 0 aromatic heterocycles. The molecule has 2 unspecified atom stereocenters. The highest BCUT2D eigenvalue weighted by Gasteiger charge is 2.44. The number of amides is 1. The van der Waals surface area contributed by atoms with Crippen molar-refractivity contribution in [3.05, 3.63) is 0 Å². The number of ether oxygens (including phenoxy) is 2. The number of aliphatic hydroxyl groups is 5. The molecule has 0 saturated carbocycles. The van der Waals surface area contributed by atoms with Crippen LogP contribution in [-0.2, 0) is 14.3 Å². The molecule has 1 fully saturated rings. The lowest BCUT2D eigenvalue weighted by molar-refractivity contribution is -0.302. The molecule has 0 aromatic rings. The molecule has 1 saturated heterocycles. The number of hydrogen-bond donors (Lipinski definition) is 6. The quantitative estimate of drug-likeness (QED) is 0.0335. The molecule has 9 nitrogen and oxygen atoms in total. The molecule has 1 rings (SSSR count). The molecule has 334 valence electrons. The van der Waals surface area contributed by atoms with Crippen LogP contribution < -0.4 is 5.32 Å². The molecule has 7 atom stereocenters. The summed E-state index contributed by atoms with van der Waals surface area (Å²) in [6.07, 6.45) is 35.3. The van der Waals surface area contributed by atoms with Crippen LogP contribution >= 0.6 is 0 Å². The Kier molecular flexibility index (Phi) is 36.5. The molecular weight excluding hydrogens is 707 g/mol. The number of hydrogen-bond acceptors (Lipinski definition) is 8. The van der Waals surface area contributed by atoms with E-state index >= 15 is 0 Å². The van der Waals surface area contributed by atoms with E-state index in [4.69, 9.17) is 9.47 Å². The van der Waals surface area contributed by atoms with Gasteiger partial charge in [0.2, 0.25) is 5.91 Å². The van der Waals surface area contributed by atoms with Gasteiger partial charge < -0.3 is 40.3 Å². The van der Waals surface area contributed by atoms with E-state index in [1.54, 1.807) is 0 Å². The average molecular weight is 800 g/mol. The van der Waals surface area contributed by atoms with E-state index in [1.165, 1.54) is 173 Å². The molecule has 9 heteroatoms. The van der Waals surface area contributed by atoms with Crippen LogP contribution in [0.4, 0.5) is 0 Å². The van der Waals surface area contributed by atoms with Crippen molar-refractivity contribution in [1.29, 1.82) is 0 Å². The van der Waals surface area contributed by atoms with Gasteiger partial charge >= 0.3 is 0 Å². The van der Waals surface area contributed by atoms with Crippen LogP contribution in [-0.4, -0.2) is 87.5 Å². The lowest BCUT2D eigenvalue weighted by Gasteiger charge is -2.40. The van der Waals surface area contributed by atoms with Crippen molar-refractivity contribution in [1.82, 2.24) is 5.32 Å². The fraction of sp³-hybridized carbons (Fsp3) is 0.979. The SMILES string of the molecule is CCCCCCCCCCCCCCCCCCCC(=O)N[C@@H](CO[C@@H]1O[C@H](CO)[C@@H](O)C(O)C1O)[C@H](O)CCCCCCCCCCCCCCCCCC. The van der Waals surface area contributed by atoms with Crippen molar-refractivity contribution >= 4 is 5.91 Å². The van der Waals surface area contributed by atoms with E-state index in [1.807, 2.05) is 0 Å². The Morgan fingerprint density at radius 1 is 0.536 bits per heavy atom. The van der Waals surface area contributed by atoms with Crippen molar-refractivity contribution < 1.29 is 39.8 Å². The van der Waals surface area contributed by atoms with E-state index in [0.29, 0.717) is 12.8 Å². The molecule has 0 radical (unpaired) electrons. The van der Waals surface area contributed by atoms with Crippen LogP contribution in [0.15, 0.2) is 0 Å². The maximum atomic E-state index is 13.0. The fourth-order valence-electron chi connectivity index (χ4n) is 8.04.